The van der Waals surface area contributed by atoms with Gasteiger partial charge in [0.15, 0.2) is 4.90 Å². The van der Waals surface area contributed by atoms with Crippen molar-refractivity contribution in [3.05, 3.63) is 68.3 Å². The van der Waals surface area contributed by atoms with Crippen molar-refractivity contribution in [1.29, 1.82) is 0 Å². The van der Waals surface area contributed by atoms with Crippen molar-refractivity contribution < 1.29 is 4.74 Å². The van der Waals surface area contributed by atoms with Gasteiger partial charge in [-0.15, -0.1) is 0 Å². The van der Waals surface area contributed by atoms with Crippen molar-refractivity contribution in [2.45, 2.75) is 24.7 Å². The van der Waals surface area contributed by atoms with Gasteiger partial charge in [-0.25, -0.2) is 0 Å². The lowest BCUT2D eigenvalue weighted by Crippen LogP contribution is -2.05. The van der Waals surface area contributed by atoms with Crippen LogP contribution < -0.4 is 4.74 Å². The van der Waals surface area contributed by atoms with Crippen LogP contribution >= 0.6 is 0 Å². The van der Waals surface area contributed by atoms with E-state index in [1.165, 1.54) is 40.0 Å². The number of fused-ring (bicyclic) bond motifs is 1. The molecule has 0 unspecified atom stereocenters. The highest BCUT2D eigenvalue weighted by Gasteiger charge is 2.29. The largest absolute Gasteiger partial charge is 0.457 e. The van der Waals surface area contributed by atoms with Gasteiger partial charge in [0, 0.05) is 21.7 Å². The summed E-state index contributed by atoms with van der Waals surface area (Å²) in [5, 5.41) is 2.51. The first kappa shape index (κ1) is 16.7. The van der Waals surface area contributed by atoms with Crippen molar-refractivity contribution in [2.75, 3.05) is 11.5 Å². The molecule has 1 heterocycles. The van der Waals surface area contributed by atoms with E-state index in [0.717, 1.165) is 11.3 Å². The Hall–Kier alpha value is -1.67. The first-order chi connectivity index (χ1) is 10.2. The molecule has 0 spiro atoms. The molecule has 0 radical (unpaired) electrons. The van der Waals surface area contributed by atoms with Gasteiger partial charge in [-0.1, -0.05) is 31.4 Å². The van der Waals surface area contributed by atoms with Gasteiger partial charge in [-0.3, -0.25) is 0 Å². The topological polar surface area (TPSA) is 9.23 Å². The molecule has 0 saturated carbocycles. The lowest BCUT2D eigenvalue weighted by Gasteiger charge is -2.12. The maximum Gasteiger partial charge on any atom is 0.162 e. The third kappa shape index (κ3) is 3.22. The quantitative estimate of drug-likeness (QED) is 0.312. The summed E-state index contributed by atoms with van der Waals surface area (Å²) in [5.41, 5.74) is 0.862. The molecule has 1 aliphatic rings. The normalized spacial score (nSPS) is 14.6. The van der Waals surface area contributed by atoms with Gasteiger partial charge in [0.05, 0.1) is 0 Å². The maximum atomic E-state index is 5.92. The summed E-state index contributed by atoms with van der Waals surface area (Å²) in [6.07, 6.45) is 2.73. The number of benzene rings is 2. The van der Waals surface area contributed by atoms with E-state index < -0.39 is 0 Å². The molecule has 0 N–H and O–H groups in total. The molecule has 0 amide bonds. The fraction of sp³-hybridized carbons (Fsp3) is 0.250. The van der Waals surface area contributed by atoms with Gasteiger partial charge < -0.3 is 12.2 Å². The molecule has 22 heavy (non-hydrogen) atoms. The molecule has 0 bridgehead atoms. The maximum absolute atomic E-state index is 5.92. The highest BCUT2D eigenvalue weighted by atomic mass is 32.2. The van der Waals surface area contributed by atoms with Crippen molar-refractivity contribution in [3.8, 4) is 5.75 Å². The number of hydrogen-bond acceptors (Lipinski definition) is 1. The summed E-state index contributed by atoms with van der Waals surface area (Å²) in [5.74, 6) is 4.19. The minimum Gasteiger partial charge on any atom is -0.457 e. The van der Waals surface area contributed by atoms with E-state index in [-0.39, 0.29) is 7.43 Å². The average Bonchev–Trinajstić information content (AvgIpc) is 3.01. The molecule has 0 atom stereocenters. The summed E-state index contributed by atoms with van der Waals surface area (Å²) in [6.45, 7) is 9.74. The van der Waals surface area contributed by atoms with E-state index in [1.54, 1.807) is 0 Å². The molecular weight excluding hydrogens is 288 g/mol. The zero-order chi connectivity index (χ0) is 14.8. The van der Waals surface area contributed by atoms with Crippen LogP contribution in [0.2, 0.25) is 0 Å². The lowest BCUT2D eigenvalue weighted by atomic mass is 10.1. The first-order valence-corrected chi connectivity index (χ1v) is 8.95. The molecule has 0 aromatic heterocycles. The van der Waals surface area contributed by atoms with Crippen molar-refractivity contribution in [3.63, 3.8) is 0 Å². The Balaban J connectivity index is 0.00000176. The number of hydrogen-bond donors (Lipinski definition) is 0. The second kappa shape index (κ2) is 7.06. The molecule has 3 rings (SSSR count). The van der Waals surface area contributed by atoms with E-state index in [2.05, 4.69) is 49.6 Å². The zero-order valence-electron chi connectivity index (χ0n) is 13.5. The summed E-state index contributed by atoms with van der Waals surface area (Å²) in [7, 11) is 0.409. The van der Waals surface area contributed by atoms with Crippen LogP contribution in [0.5, 0.6) is 5.75 Å². The Morgan fingerprint density at radius 1 is 1.00 bits per heavy atom. The summed E-state index contributed by atoms with van der Waals surface area (Å²) in [6, 6.07) is 12.9. The second-order valence-corrected chi connectivity index (χ2v) is 7.76. The summed E-state index contributed by atoms with van der Waals surface area (Å²) < 4.78 is 5.92. The van der Waals surface area contributed by atoms with Crippen molar-refractivity contribution in [1.82, 2.24) is 0 Å². The van der Waals surface area contributed by atoms with Crippen LogP contribution in [0.25, 0.3) is 10.8 Å². The molecule has 1 nitrogen and oxygen atoms in total. The van der Waals surface area contributed by atoms with E-state index in [4.69, 9.17) is 4.74 Å². The van der Waals surface area contributed by atoms with E-state index >= 15 is 0 Å². The Morgan fingerprint density at radius 3 is 2.27 bits per heavy atom. The molecular formula is C20H24OS. The van der Waals surface area contributed by atoms with Crippen LogP contribution in [0.1, 0.15) is 19.8 Å². The zero-order valence-corrected chi connectivity index (χ0v) is 14.3. The van der Waals surface area contributed by atoms with E-state index in [1.807, 2.05) is 6.92 Å². The van der Waals surface area contributed by atoms with Crippen molar-refractivity contribution >= 4 is 21.7 Å². The van der Waals surface area contributed by atoms with Crippen LogP contribution in [0.4, 0.5) is 0 Å². The van der Waals surface area contributed by atoms with Gasteiger partial charge in [-0.2, -0.15) is 0 Å². The highest BCUT2D eigenvalue weighted by molar-refractivity contribution is 7.97. The Labute approximate surface area is 137 Å². The van der Waals surface area contributed by atoms with Gasteiger partial charge in [0.1, 0.15) is 23.0 Å². The Morgan fingerprint density at radius 2 is 1.64 bits per heavy atom. The standard InChI is InChI=1S/C19H21OS.CH3/c1-14(2)15(3)20-18-10-11-19(21-12-6-7-13-21)17-9-5-4-8-16(17)18;/h4-5,8-11H,1,3,6-7,12-13H2,2H3;1H3/q+1;-1. The smallest absolute Gasteiger partial charge is 0.162 e. The molecule has 1 saturated heterocycles. The molecule has 2 heteroatoms. The monoisotopic (exact) mass is 312 g/mol. The average molecular weight is 312 g/mol. The Bertz CT molecular complexity index is 696. The van der Waals surface area contributed by atoms with Crippen LogP contribution in [0.15, 0.2) is 65.8 Å². The molecule has 116 valence electrons. The SMILES string of the molecule is C=C(C)C(=C)Oc1ccc([S+]2CCCC2)c2ccccc12.[CH3-]. The minimum atomic E-state index is 0. The summed E-state index contributed by atoms with van der Waals surface area (Å²) in [4.78, 5) is 1.50. The van der Waals surface area contributed by atoms with E-state index in [0.29, 0.717) is 16.7 Å². The number of allylic oxidation sites excluding steroid dienone is 1. The predicted octanol–water partition coefficient (Wildman–Crippen LogP) is 5.53. The predicted molar refractivity (Wildman–Crippen MR) is 99.5 cm³/mol. The van der Waals surface area contributed by atoms with Crippen LogP contribution in [0, 0.1) is 7.43 Å². The molecule has 0 aliphatic carbocycles. The highest BCUT2D eigenvalue weighted by Crippen LogP contribution is 2.35. The van der Waals surface area contributed by atoms with Gasteiger partial charge in [0.25, 0.3) is 0 Å². The van der Waals surface area contributed by atoms with Gasteiger partial charge in [0.2, 0.25) is 0 Å². The van der Waals surface area contributed by atoms with Crippen LogP contribution in [-0.2, 0) is 10.9 Å². The minimum absolute atomic E-state index is 0. The summed E-state index contributed by atoms with van der Waals surface area (Å²) >= 11 is 0. The fourth-order valence-corrected chi connectivity index (χ4v) is 5.18. The van der Waals surface area contributed by atoms with Crippen molar-refractivity contribution in [2.24, 2.45) is 0 Å². The fourth-order valence-electron chi connectivity index (χ4n) is 2.68. The van der Waals surface area contributed by atoms with Gasteiger partial charge in [-0.05, 0) is 43.5 Å². The lowest BCUT2D eigenvalue weighted by molar-refractivity contribution is 0.444. The molecule has 1 aliphatic heterocycles. The van der Waals surface area contributed by atoms with Crippen LogP contribution in [0.3, 0.4) is 0 Å². The first-order valence-electron chi connectivity index (χ1n) is 7.38. The molecule has 2 aromatic rings. The third-order valence-corrected chi connectivity index (χ3v) is 6.44. The number of ether oxygens (including phenoxy) is 1. The third-order valence-electron chi connectivity index (χ3n) is 3.90. The Kier molecular flexibility index (Phi) is 5.36. The van der Waals surface area contributed by atoms with Gasteiger partial charge >= 0.3 is 0 Å². The van der Waals surface area contributed by atoms with Crippen LogP contribution in [-0.4, -0.2) is 11.5 Å². The van der Waals surface area contributed by atoms with E-state index in [9.17, 15) is 0 Å². The number of rotatable bonds is 4. The molecule has 1 fully saturated rings. The molecule has 2 aromatic carbocycles. The second-order valence-electron chi connectivity index (χ2n) is 5.52.